The van der Waals surface area contributed by atoms with Gasteiger partial charge >= 0.3 is 11.9 Å². The minimum absolute atomic E-state index is 0.0815. The van der Waals surface area contributed by atoms with E-state index >= 15 is 0 Å². The molecule has 4 rings (SSSR count). The lowest BCUT2D eigenvalue weighted by molar-refractivity contribution is -0.142. The predicted octanol–water partition coefficient (Wildman–Crippen LogP) is 4.88. The molecule has 2 unspecified atom stereocenters. The van der Waals surface area contributed by atoms with Crippen LogP contribution in [0.2, 0.25) is 0 Å². The van der Waals surface area contributed by atoms with Crippen LogP contribution in [0.4, 0.5) is 0 Å². The first-order chi connectivity index (χ1) is 25.1. The Morgan fingerprint density at radius 1 is 0.673 bits per heavy atom. The van der Waals surface area contributed by atoms with Gasteiger partial charge in [0.05, 0.1) is 20.1 Å². The van der Waals surface area contributed by atoms with Gasteiger partial charge in [0, 0.05) is 43.0 Å². The molecular weight excluding hydrogens is 670 g/mol. The molecule has 0 aliphatic heterocycles. The Hall–Kier alpha value is -5.24. The van der Waals surface area contributed by atoms with Crippen LogP contribution in [0.15, 0.2) is 60.7 Å². The number of benzene rings is 2. The summed E-state index contributed by atoms with van der Waals surface area (Å²) in [5.41, 5.74) is 7.57. The third-order valence-corrected chi connectivity index (χ3v) is 8.99. The molecule has 2 aromatic heterocycles. The molecule has 0 aliphatic rings. The molecule has 52 heavy (non-hydrogen) atoms. The second kappa shape index (κ2) is 19.4. The normalized spacial score (nSPS) is 12.2. The Morgan fingerprint density at radius 3 is 1.67 bits per heavy atom. The molecule has 13 nitrogen and oxygen atoms in total. The fourth-order valence-electron chi connectivity index (χ4n) is 5.86. The predicted molar refractivity (Wildman–Crippen MR) is 193 cm³/mol. The number of aliphatic hydroxyl groups excluding tert-OH is 2. The summed E-state index contributed by atoms with van der Waals surface area (Å²) in [4.78, 5) is 31.9. The minimum atomic E-state index is -1.04. The summed E-state index contributed by atoms with van der Waals surface area (Å²) in [5, 5.41) is 40.0. The quantitative estimate of drug-likeness (QED) is 0.0785. The number of carboxylic acids is 2. The number of methoxy groups -OCH3 is 2. The smallest absolute Gasteiger partial charge is 0.320 e. The van der Waals surface area contributed by atoms with Crippen molar-refractivity contribution in [2.75, 3.05) is 27.4 Å². The van der Waals surface area contributed by atoms with Crippen molar-refractivity contribution < 1.29 is 49.0 Å². The largest absolute Gasteiger partial charge is 0.481 e. The van der Waals surface area contributed by atoms with Crippen LogP contribution in [0.3, 0.4) is 0 Å². The molecule has 278 valence electrons. The Bertz CT molecular complexity index is 1680. The van der Waals surface area contributed by atoms with Crippen molar-refractivity contribution in [2.45, 2.75) is 65.3 Å². The second-order valence-electron chi connectivity index (χ2n) is 12.3. The number of ether oxygens (including phenoxy) is 4. The summed E-state index contributed by atoms with van der Waals surface area (Å²) in [6.07, 6.45) is 1.07. The lowest BCUT2D eigenvalue weighted by Gasteiger charge is -2.17. The van der Waals surface area contributed by atoms with Gasteiger partial charge in [-0.2, -0.15) is 9.97 Å². The monoisotopic (exact) mass is 717 g/mol. The molecule has 0 aliphatic carbocycles. The Balaban J connectivity index is 1.43. The molecule has 0 radical (unpaired) electrons. The van der Waals surface area contributed by atoms with E-state index in [-0.39, 0.29) is 45.8 Å². The number of aromatic nitrogens is 2. The first-order valence-corrected chi connectivity index (χ1v) is 17.0. The van der Waals surface area contributed by atoms with Crippen molar-refractivity contribution in [3.8, 4) is 34.6 Å². The van der Waals surface area contributed by atoms with Gasteiger partial charge < -0.3 is 44.7 Å². The molecule has 0 saturated heterocycles. The highest BCUT2D eigenvalue weighted by atomic mass is 16.5. The van der Waals surface area contributed by atoms with Crippen molar-refractivity contribution in [1.82, 2.24) is 15.3 Å². The van der Waals surface area contributed by atoms with E-state index in [2.05, 4.69) is 27.4 Å². The molecule has 2 atom stereocenters. The lowest BCUT2D eigenvalue weighted by Crippen LogP contribution is -2.37. The fraction of sp³-hybridized carbons (Fsp3) is 0.385. The Morgan fingerprint density at radius 2 is 1.19 bits per heavy atom. The standard InChI is InChI=1S/C39H47N3O10/c1-24-29(22-51-34-15-13-26(36(41-34)49-3)11-12-27(17-19-43)38(45)46)7-5-9-31(24)32-10-6-8-30(25(32)2)23-52-35-16-14-28(37(42-35)50-4)21-40-33(18-20-44)39(47)48/h5-10,13-16,27,33,40,43-44H,11-12,17-23H2,1-4H3,(H,45,46)(H,47,48). The average molecular weight is 718 g/mol. The summed E-state index contributed by atoms with van der Waals surface area (Å²) in [6, 6.07) is 18.3. The van der Waals surface area contributed by atoms with Crippen LogP contribution in [0.1, 0.15) is 52.6 Å². The zero-order chi connectivity index (χ0) is 37.6. The SMILES string of the molecule is COc1nc(OCc2cccc(-c3cccc(COc4ccc(CNC(CCO)C(=O)O)c(OC)n4)c3C)c2C)ccc1CCC(CCO)C(=O)O. The highest BCUT2D eigenvalue weighted by Gasteiger charge is 2.20. The highest BCUT2D eigenvalue weighted by Crippen LogP contribution is 2.32. The van der Waals surface area contributed by atoms with Crippen LogP contribution >= 0.6 is 0 Å². The molecular formula is C39H47N3O10. The number of aliphatic hydroxyl groups is 2. The number of hydrogen-bond acceptors (Lipinski definition) is 11. The third kappa shape index (κ3) is 10.4. The number of aryl methyl sites for hydroxylation is 1. The molecule has 2 heterocycles. The Kier molecular flexibility index (Phi) is 14.7. The summed E-state index contributed by atoms with van der Waals surface area (Å²) in [5.74, 6) is -1.21. The second-order valence-corrected chi connectivity index (χ2v) is 12.3. The van der Waals surface area contributed by atoms with E-state index in [1.165, 1.54) is 14.2 Å². The van der Waals surface area contributed by atoms with Crippen LogP contribution in [-0.2, 0) is 35.8 Å². The molecule has 13 heteroatoms. The Labute approximate surface area is 303 Å². The number of rotatable bonds is 21. The van der Waals surface area contributed by atoms with E-state index in [1.807, 2.05) is 44.2 Å². The van der Waals surface area contributed by atoms with Crippen molar-refractivity contribution >= 4 is 11.9 Å². The van der Waals surface area contributed by atoms with E-state index in [4.69, 9.17) is 24.1 Å². The average Bonchev–Trinajstić information content (AvgIpc) is 3.14. The maximum Gasteiger partial charge on any atom is 0.320 e. The molecule has 0 saturated carbocycles. The zero-order valence-corrected chi connectivity index (χ0v) is 29.9. The molecule has 4 aromatic rings. The van der Waals surface area contributed by atoms with E-state index in [1.54, 1.807) is 18.2 Å². The first-order valence-electron chi connectivity index (χ1n) is 17.0. The first kappa shape index (κ1) is 39.5. The maximum atomic E-state index is 11.5. The molecule has 5 N–H and O–H groups in total. The van der Waals surface area contributed by atoms with Gasteiger partial charge in [0.25, 0.3) is 0 Å². The third-order valence-electron chi connectivity index (χ3n) is 8.99. The molecule has 2 aromatic carbocycles. The lowest BCUT2D eigenvalue weighted by atomic mass is 9.92. The number of aliphatic carboxylic acids is 2. The zero-order valence-electron chi connectivity index (χ0n) is 29.9. The van der Waals surface area contributed by atoms with Gasteiger partial charge in [-0.1, -0.05) is 36.4 Å². The summed E-state index contributed by atoms with van der Waals surface area (Å²) in [6.45, 7) is 4.39. The topological polar surface area (TPSA) is 190 Å². The van der Waals surface area contributed by atoms with Crippen LogP contribution in [0.5, 0.6) is 23.5 Å². The number of pyridine rings is 2. The van der Waals surface area contributed by atoms with Crippen molar-refractivity contribution in [3.63, 3.8) is 0 Å². The number of carbonyl (C=O) groups is 2. The van der Waals surface area contributed by atoms with Gasteiger partial charge in [-0.3, -0.25) is 9.59 Å². The van der Waals surface area contributed by atoms with Gasteiger partial charge in [0.2, 0.25) is 23.5 Å². The van der Waals surface area contributed by atoms with Crippen LogP contribution in [0.25, 0.3) is 11.1 Å². The van der Waals surface area contributed by atoms with E-state index in [9.17, 15) is 24.9 Å². The number of carboxylic acid groups (broad SMARTS) is 2. The molecule has 0 fully saturated rings. The van der Waals surface area contributed by atoms with Crippen molar-refractivity contribution in [1.29, 1.82) is 0 Å². The summed E-state index contributed by atoms with van der Waals surface area (Å²) < 4.78 is 23.1. The van der Waals surface area contributed by atoms with Crippen molar-refractivity contribution in [3.05, 3.63) is 94.0 Å². The maximum absolute atomic E-state index is 11.5. The summed E-state index contributed by atoms with van der Waals surface area (Å²) in [7, 11) is 3.00. The van der Waals surface area contributed by atoms with Crippen LogP contribution < -0.4 is 24.3 Å². The van der Waals surface area contributed by atoms with Gasteiger partial charge in [-0.25, -0.2) is 0 Å². The highest BCUT2D eigenvalue weighted by molar-refractivity contribution is 5.73. The van der Waals surface area contributed by atoms with Gasteiger partial charge in [-0.15, -0.1) is 0 Å². The van der Waals surface area contributed by atoms with E-state index in [0.29, 0.717) is 41.9 Å². The van der Waals surface area contributed by atoms with Gasteiger partial charge in [0.15, 0.2) is 0 Å². The fourth-order valence-corrected chi connectivity index (χ4v) is 5.86. The molecule has 0 bridgehead atoms. The van der Waals surface area contributed by atoms with Crippen LogP contribution in [-0.4, -0.2) is 75.8 Å². The minimum Gasteiger partial charge on any atom is -0.481 e. The van der Waals surface area contributed by atoms with E-state index in [0.717, 1.165) is 38.9 Å². The van der Waals surface area contributed by atoms with E-state index < -0.39 is 23.9 Å². The van der Waals surface area contributed by atoms with Gasteiger partial charge in [-0.05, 0) is 85.0 Å². The molecule has 0 spiro atoms. The number of nitrogens with zero attached hydrogens (tertiary/aromatic N) is 2. The van der Waals surface area contributed by atoms with Gasteiger partial charge in [0.1, 0.15) is 19.3 Å². The number of hydrogen-bond donors (Lipinski definition) is 5. The summed E-state index contributed by atoms with van der Waals surface area (Å²) >= 11 is 0. The molecule has 0 amide bonds. The van der Waals surface area contributed by atoms with Crippen LogP contribution in [0, 0.1) is 19.8 Å². The number of nitrogens with one attached hydrogen (secondary N) is 1. The van der Waals surface area contributed by atoms with Crippen molar-refractivity contribution in [2.24, 2.45) is 5.92 Å².